The van der Waals surface area contributed by atoms with Gasteiger partial charge in [-0.3, -0.25) is 4.79 Å². The van der Waals surface area contributed by atoms with E-state index in [1.165, 1.54) is 44.6 Å². The van der Waals surface area contributed by atoms with Gasteiger partial charge in [0.2, 0.25) is 11.7 Å². The number of benzene rings is 4. The third kappa shape index (κ3) is 13.5. The lowest BCUT2D eigenvalue weighted by Crippen LogP contribution is -2.70. The molecule has 7 rings (SSSR count). The van der Waals surface area contributed by atoms with Gasteiger partial charge in [0.25, 0.3) is 0 Å². The van der Waals surface area contributed by atoms with Crippen molar-refractivity contribution in [3.63, 3.8) is 0 Å². The zero-order valence-electron chi connectivity index (χ0n) is 43.1. The van der Waals surface area contributed by atoms with Gasteiger partial charge in [0.15, 0.2) is 0 Å². The molecular weight excluding hydrogens is 892 g/mol. The van der Waals surface area contributed by atoms with Crippen molar-refractivity contribution in [2.75, 3.05) is 19.8 Å². The van der Waals surface area contributed by atoms with Gasteiger partial charge < -0.3 is 34.2 Å². The number of ether oxygens (including phenoxy) is 3. The van der Waals surface area contributed by atoms with Gasteiger partial charge in [0.1, 0.15) is 35.6 Å². The molecular formula is C61H81FN2O7. The van der Waals surface area contributed by atoms with Crippen LogP contribution in [0.3, 0.4) is 0 Å². The zero-order valence-corrected chi connectivity index (χ0v) is 43.1. The van der Waals surface area contributed by atoms with Crippen molar-refractivity contribution in [3.05, 3.63) is 132 Å². The minimum absolute atomic E-state index is 0.0380. The van der Waals surface area contributed by atoms with Crippen molar-refractivity contribution in [2.24, 2.45) is 22.9 Å². The van der Waals surface area contributed by atoms with Gasteiger partial charge in [-0.05, 0) is 111 Å². The number of carbonyl (C=O) groups is 1. The predicted octanol–water partition coefficient (Wildman–Crippen LogP) is 13.9. The van der Waals surface area contributed by atoms with E-state index < -0.39 is 23.3 Å². The predicted molar refractivity (Wildman–Crippen MR) is 283 cm³/mol. The second kappa shape index (κ2) is 26.1. The van der Waals surface area contributed by atoms with Gasteiger partial charge in [-0.25, -0.2) is 4.39 Å². The van der Waals surface area contributed by atoms with Crippen molar-refractivity contribution in [3.8, 4) is 11.5 Å². The van der Waals surface area contributed by atoms with E-state index in [4.69, 9.17) is 24.2 Å². The van der Waals surface area contributed by atoms with E-state index in [2.05, 4.69) is 62.0 Å². The van der Waals surface area contributed by atoms with Gasteiger partial charge in [0, 0.05) is 49.6 Å². The Morgan fingerprint density at radius 1 is 0.859 bits per heavy atom. The van der Waals surface area contributed by atoms with Crippen LogP contribution < -0.4 is 9.47 Å². The number of amides is 1. The Kier molecular flexibility index (Phi) is 19.7. The molecule has 1 aliphatic heterocycles. The summed E-state index contributed by atoms with van der Waals surface area (Å²) in [6.07, 6.45) is 19.7. The lowest BCUT2D eigenvalue weighted by Gasteiger charge is -2.60. The van der Waals surface area contributed by atoms with Crippen LogP contribution >= 0.6 is 0 Å². The highest BCUT2D eigenvalue weighted by molar-refractivity contribution is 6.03. The van der Waals surface area contributed by atoms with Crippen LogP contribution in [0.1, 0.15) is 159 Å². The maximum Gasteiger partial charge on any atom is 0.239 e. The van der Waals surface area contributed by atoms with E-state index in [0.717, 1.165) is 78.1 Å². The van der Waals surface area contributed by atoms with Crippen LogP contribution in [0.25, 0.3) is 10.8 Å². The summed E-state index contributed by atoms with van der Waals surface area (Å²) in [6.45, 7) is 13.1. The number of hydrogen-bond acceptors (Lipinski definition) is 8. The van der Waals surface area contributed by atoms with Crippen molar-refractivity contribution >= 4 is 22.4 Å². The van der Waals surface area contributed by atoms with Crippen molar-refractivity contribution in [1.82, 2.24) is 4.90 Å². The Balaban J connectivity index is 1.39. The Morgan fingerprint density at radius 2 is 1.55 bits per heavy atom. The molecule has 1 amide bonds. The molecule has 10 heteroatoms. The molecule has 0 aromatic heterocycles. The van der Waals surface area contributed by atoms with Gasteiger partial charge >= 0.3 is 0 Å². The fourth-order valence-electron chi connectivity index (χ4n) is 11.4. The third-order valence-corrected chi connectivity index (χ3v) is 14.8. The van der Waals surface area contributed by atoms with Gasteiger partial charge in [-0.1, -0.05) is 149 Å². The fourth-order valence-corrected chi connectivity index (χ4v) is 11.4. The van der Waals surface area contributed by atoms with Gasteiger partial charge in [0.05, 0.1) is 18.2 Å². The summed E-state index contributed by atoms with van der Waals surface area (Å²) >= 11 is 0. The second-order valence-electron chi connectivity index (χ2n) is 21.1. The maximum absolute atomic E-state index is 15.5. The summed E-state index contributed by atoms with van der Waals surface area (Å²) < 4.78 is 36.2. The average molecular weight is 973 g/mol. The summed E-state index contributed by atoms with van der Waals surface area (Å²) in [5.41, 5.74) is 3.58. The number of halogens is 1. The van der Waals surface area contributed by atoms with Crippen LogP contribution in [0.2, 0.25) is 0 Å². The molecule has 9 nitrogen and oxygen atoms in total. The van der Waals surface area contributed by atoms with Crippen LogP contribution in [0, 0.1) is 23.6 Å². The number of carbonyl (C=O) groups excluding carboxylic acids is 1. The number of hydrogen-bond donors (Lipinski definition) is 2. The summed E-state index contributed by atoms with van der Waals surface area (Å²) in [7, 11) is 0. The molecule has 0 radical (unpaired) electrons. The number of nitrogens with zero attached hydrogens (tertiary/aromatic N) is 2. The summed E-state index contributed by atoms with van der Waals surface area (Å²) in [4.78, 5) is 24.0. The molecule has 3 aliphatic rings. The first-order valence-corrected chi connectivity index (χ1v) is 26.9. The molecule has 71 heavy (non-hydrogen) atoms. The minimum Gasteiger partial charge on any atom is -0.489 e. The molecule has 2 aliphatic carbocycles. The van der Waals surface area contributed by atoms with E-state index in [1.54, 1.807) is 18.2 Å². The van der Waals surface area contributed by atoms with Crippen molar-refractivity contribution in [1.29, 1.82) is 0 Å². The first-order valence-electron chi connectivity index (χ1n) is 26.9. The normalized spacial score (nSPS) is 22.0. The number of oxime groups is 1. The first kappa shape index (κ1) is 53.8. The molecule has 4 aromatic rings. The molecule has 2 N–H and O–H groups in total. The smallest absolute Gasteiger partial charge is 0.239 e. The summed E-state index contributed by atoms with van der Waals surface area (Å²) in [5.74, 6) is -1.06. The summed E-state index contributed by atoms with van der Waals surface area (Å²) in [6, 6.07) is 26.5. The maximum atomic E-state index is 15.5. The molecule has 4 aromatic carbocycles. The monoisotopic (exact) mass is 973 g/mol. The average Bonchev–Trinajstić information content (AvgIpc) is 3.36. The molecule has 0 bridgehead atoms. The highest BCUT2D eigenvalue weighted by Gasteiger charge is 2.65. The topological polar surface area (TPSA) is 110 Å². The highest BCUT2D eigenvalue weighted by Crippen LogP contribution is 2.62. The molecule has 6 unspecified atom stereocenters. The molecule has 384 valence electrons. The fraction of sp³-hybridized carbons (Fsp3) is 0.541. The minimum atomic E-state index is -1.40. The summed E-state index contributed by atoms with van der Waals surface area (Å²) in [5, 5.41) is 27.4. The Morgan fingerprint density at radius 3 is 2.28 bits per heavy atom. The third-order valence-electron chi connectivity index (χ3n) is 14.8. The van der Waals surface area contributed by atoms with E-state index >= 15 is 4.79 Å². The number of aliphatic hydroxyl groups is 2. The van der Waals surface area contributed by atoms with Crippen molar-refractivity contribution in [2.45, 2.75) is 173 Å². The van der Waals surface area contributed by atoms with E-state index in [1.807, 2.05) is 49.9 Å². The van der Waals surface area contributed by atoms with Crippen molar-refractivity contribution < 1.29 is 38.4 Å². The van der Waals surface area contributed by atoms with Crippen LogP contribution in [-0.4, -0.2) is 64.0 Å². The number of allylic oxidation sites excluding steroid dienone is 1. The van der Waals surface area contributed by atoms with E-state index in [9.17, 15) is 14.6 Å². The second-order valence-corrected chi connectivity index (χ2v) is 21.1. The van der Waals surface area contributed by atoms with Crippen LogP contribution in [-0.2, 0) is 27.5 Å². The van der Waals surface area contributed by atoms with Gasteiger partial charge in [-0.15, -0.1) is 6.58 Å². The number of rotatable bonds is 28. The molecule has 1 saturated carbocycles. The number of unbranched alkanes of at least 4 members (excludes halogenated alkanes) is 10. The molecule has 1 heterocycles. The molecule has 1 fully saturated rings. The Bertz CT molecular complexity index is 2400. The van der Waals surface area contributed by atoms with Crippen LogP contribution in [0.5, 0.6) is 11.5 Å². The van der Waals surface area contributed by atoms with E-state index in [-0.39, 0.29) is 55.9 Å². The lowest BCUT2D eigenvalue weighted by molar-refractivity contribution is -0.258. The largest absolute Gasteiger partial charge is 0.489 e. The standard InChI is InChI=1S/C61H81FN2O7/c1-6-8-9-10-11-12-13-14-15-33-57(67)64(42-46-29-24-28-44-25-16-18-30-49(44)46)56-41-54(63-71-60(3,4)5)51-39-45(26-20-22-36-65)50(31-21-23-37-66)58-52-40-48(68-43-47-27-17-19-32-53(47)62)34-35-55(52)70-61(56,59(51)58)69-38-7-2/h7,16-19,24-25,27-30,32,34-35,39-40,45,50,56,58-59,65-66H,2,6,8-15,20-23,26,31,33,36-38,41-43H2,1,3-5H3. The zero-order chi connectivity index (χ0) is 50.2. The lowest BCUT2D eigenvalue weighted by atomic mass is 9.55. The van der Waals surface area contributed by atoms with Gasteiger partial charge in [-0.2, -0.15) is 0 Å². The molecule has 0 saturated heterocycles. The first-order chi connectivity index (χ1) is 34.5. The van der Waals surface area contributed by atoms with Crippen LogP contribution in [0.15, 0.2) is 114 Å². The molecule has 0 spiro atoms. The highest BCUT2D eigenvalue weighted by atomic mass is 19.1. The quantitative estimate of drug-likeness (QED) is 0.0331. The molecule has 6 atom stereocenters. The van der Waals surface area contributed by atoms with E-state index in [0.29, 0.717) is 49.3 Å². The SMILES string of the molecule is C=CCOC12Oc3ccc(OCc4ccccc4F)cc3C3C(CCCCO)C(CCCCO)C=C(C(=NOC(C)(C)C)CC1N(Cc1cccc4ccccc14)C(=O)CCCCCCCCCCC)C32. The number of aliphatic hydroxyl groups excluding tert-OH is 2. The Labute approximate surface area is 423 Å². The number of fused-ring (bicyclic) bond motifs is 3. The Hall–Kier alpha value is -5.03. The van der Waals surface area contributed by atoms with Crippen LogP contribution in [0.4, 0.5) is 4.39 Å².